The third-order valence-electron chi connectivity index (χ3n) is 3.66. The average Bonchev–Trinajstić information content (AvgIpc) is 2.96. The van der Waals surface area contributed by atoms with Gasteiger partial charge in [-0.15, -0.1) is 22.9 Å². The first kappa shape index (κ1) is 16.5. The average molecular weight is 323 g/mol. The lowest BCUT2D eigenvalue weighted by molar-refractivity contribution is 0.275. The summed E-state index contributed by atoms with van der Waals surface area (Å²) in [6.45, 7) is 6.69. The van der Waals surface area contributed by atoms with Crippen molar-refractivity contribution in [2.75, 3.05) is 13.6 Å². The maximum atomic E-state index is 5.80. The number of alkyl halides is 1. The van der Waals surface area contributed by atoms with Gasteiger partial charge in [0.1, 0.15) is 5.01 Å². The van der Waals surface area contributed by atoms with E-state index in [4.69, 9.17) is 11.6 Å². The largest absolute Gasteiger partial charge is 0.302 e. The van der Waals surface area contributed by atoms with Crippen molar-refractivity contribution in [2.45, 2.75) is 32.7 Å². The van der Waals surface area contributed by atoms with E-state index in [2.05, 4.69) is 55.0 Å². The van der Waals surface area contributed by atoms with E-state index >= 15 is 0 Å². The maximum Gasteiger partial charge on any atom is 0.123 e. The third-order valence-corrected chi connectivity index (χ3v) is 4.88. The Morgan fingerprint density at radius 2 is 2.00 bits per heavy atom. The van der Waals surface area contributed by atoms with E-state index in [0.29, 0.717) is 5.88 Å². The van der Waals surface area contributed by atoms with Gasteiger partial charge in [-0.05, 0) is 18.5 Å². The highest BCUT2D eigenvalue weighted by Gasteiger charge is 2.07. The molecule has 2 aromatic rings. The monoisotopic (exact) mass is 322 g/mol. The normalized spacial score (nSPS) is 12.8. The molecule has 0 fully saturated rings. The van der Waals surface area contributed by atoms with Gasteiger partial charge in [0.2, 0.25) is 0 Å². The standard InChI is InChI=1S/C17H23ClN2S/c1-4-13(2)10-20(3)11-14-5-7-15(8-6-14)17-19-16(9-18)12-21-17/h5-8,12-13H,4,9-11H2,1-3H3. The Bertz CT molecular complexity index is 550. The van der Waals surface area contributed by atoms with E-state index in [0.717, 1.165) is 29.7 Å². The molecule has 1 aromatic heterocycles. The van der Waals surface area contributed by atoms with Crippen LogP contribution in [0.4, 0.5) is 0 Å². The van der Waals surface area contributed by atoms with E-state index in [1.807, 2.05) is 5.38 Å². The molecule has 0 N–H and O–H groups in total. The summed E-state index contributed by atoms with van der Waals surface area (Å²) in [7, 11) is 2.19. The van der Waals surface area contributed by atoms with Gasteiger partial charge < -0.3 is 4.90 Å². The highest BCUT2D eigenvalue weighted by Crippen LogP contribution is 2.24. The topological polar surface area (TPSA) is 16.1 Å². The lowest BCUT2D eigenvalue weighted by atomic mass is 10.1. The Morgan fingerprint density at radius 1 is 1.29 bits per heavy atom. The van der Waals surface area contributed by atoms with Gasteiger partial charge in [0, 0.05) is 24.0 Å². The van der Waals surface area contributed by atoms with Gasteiger partial charge in [0.15, 0.2) is 0 Å². The number of hydrogen-bond donors (Lipinski definition) is 0. The molecule has 114 valence electrons. The molecule has 1 unspecified atom stereocenters. The molecule has 0 aliphatic carbocycles. The fraction of sp³-hybridized carbons (Fsp3) is 0.471. The Labute approximate surface area is 136 Å². The highest BCUT2D eigenvalue weighted by atomic mass is 35.5. The molecule has 21 heavy (non-hydrogen) atoms. The first-order valence-electron chi connectivity index (χ1n) is 7.40. The Hall–Kier alpha value is -0.900. The zero-order valence-corrected chi connectivity index (χ0v) is 14.5. The van der Waals surface area contributed by atoms with Crippen molar-refractivity contribution in [3.05, 3.63) is 40.9 Å². The molecule has 0 amide bonds. The number of nitrogens with zero attached hydrogens (tertiary/aromatic N) is 2. The van der Waals surface area contributed by atoms with Crippen molar-refractivity contribution < 1.29 is 0 Å². The van der Waals surface area contributed by atoms with Gasteiger partial charge in [0.05, 0.1) is 11.6 Å². The highest BCUT2D eigenvalue weighted by molar-refractivity contribution is 7.13. The lowest BCUT2D eigenvalue weighted by Gasteiger charge is -2.20. The first-order chi connectivity index (χ1) is 10.1. The van der Waals surface area contributed by atoms with Crippen molar-refractivity contribution in [3.8, 4) is 10.6 Å². The number of aromatic nitrogens is 1. The van der Waals surface area contributed by atoms with Gasteiger partial charge in [0.25, 0.3) is 0 Å². The predicted octanol–water partition coefficient (Wildman–Crippen LogP) is 5.03. The molecule has 1 atom stereocenters. The molecule has 0 aliphatic rings. The Morgan fingerprint density at radius 3 is 2.57 bits per heavy atom. The van der Waals surface area contributed by atoms with Gasteiger partial charge in [-0.1, -0.05) is 44.5 Å². The smallest absolute Gasteiger partial charge is 0.123 e. The van der Waals surface area contributed by atoms with Crippen LogP contribution in [-0.4, -0.2) is 23.5 Å². The molecule has 0 bridgehead atoms. The van der Waals surface area contributed by atoms with Crippen molar-refractivity contribution in [2.24, 2.45) is 5.92 Å². The second-order valence-corrected chi connectivity index (χ2v) is 6.81. The maximum absolute atomic E-state index is 5.80. The van der Waals surface area contributed by atoms with Crippen LogP contribution in [0.5, 0.6) is 0 Å². The number of benzene rings is 1. The molecular weight excluding hydrogens is 300 g/mol. The van der Waals surface area contributed by atoms with Crippen LogP contribution in [0.3, 0.4) is 0 Å². The van der Waals surface area contributed by atoms with Gasteiger partial charge in [-0.25, -0.2) is 4.98 Å². The van der Waals surface area contributed by atoms with E-state index in [9.17, 15) is 0 Å². The minimum atomic E-state index is 0.481. The number of thiazole rings is 1. The van der Waals surface area contributed by atoms with Crippen molar-refractivity contribution in [3.63, 3.8) is 0 Å². The van der Waals surface area contributed by atoms with Crippen LogP contribution < -0.4 is 0 Å². The zero-order chi connectivity index (χ0) is 15.2. The van der Waals surface area contributed by atoms with Gasteiger partial charge >= 0.3 is 0 Å². The summed E-state index contributed by atoms with van der Waals surface area (Å²) in [6.07, 6.45) is 1.23. The zero-order valence-electron chi connectivity index (χ0n) is 13.0. The number of rotatable bonds is 7. The lowest BCUT2D eigenvalue weighted by Crippen LogP contribution is -2.23. The molecule has 0 saturated heterocycles. The van der Waals surface area contributed by atoms with Crippen molar-refractivity contribution in [1.82, 2.24) is 9.88 Å². The van der Waals surface area contributed by atoms with Crippen LogP contribution in [0, 0.1) is 5.92 Å². The quantitative estimate of drug-likeness (QED) is 0.665. The molecule has 4 heteroatoms. The van der Waals surface area contributed by atoms with Crippen LogP contribution >= 0.6 is 22.9 Å². The molecule has 0 radical (unpaired) electrons. The SMILES string of the molecule is CCC(C)CN(C)Cc1ccc(-c2nc(CCl)cs2)cc1. The Kier molecular flexibility index (Phi) is 6.22. The van der Waals surface area contributed by atoms with Crippen LogP contribution in [0.25, 0.3) is 10.6 Å². The fourth-order valence-electron chi connectivity index (χ4n) is 2.29. The van der Waals surface area contributed by atoms with Crippen molar-refractivity contribution >= 4 is 22.9 Å². The molecule has 2 rings (SSSR count). The molecule has 0 aliphatic heterocycles. The third kappa shape index (κ3) is 4.80. The first-order valence-corrected chi connectivity index (χ1v) is 8.82. The van der Waals surface area contributed by atoms with Gasteiger partial charge in [-0.2, -0.15) is 0 Å². The van der Waals surface area contributed by atoms with Crippen LogP contribution in [0.1, 0.15) is 31.5 Å². The summed E-state index contributed by atoms with van der Waals surface area (Å²) in [5, 5.41) is 3.07. The van der Waals surface area contributed by atoms with Crippen LogP contribution in [0.15, 0.2) is 29.6 Å². The molecule has 0 spiro atoms. The van der Waals surface area contributed by atoms with E-state index in [1.54, 1.807) is 11.3 Å². The van der Waals surface area contributed by atoms with E-state index in [-0.39, 0.29) is 0 Å². The number of halogens is 1. The summed E-state index contributed by atoms with van der Waals surface area (Å²) < 4.78 is 0. The number of hydrogen-bond acceptors (Lipinski definition) is 3. The second kappa shape index (κ2) is 7.92. The summed E-state index contributed by atoms with van der Waals surface area (Å²) >= 11 is 7.45. The minimum absolute atomic E-state index is 0.481. The van der Waals surface area contributed by atoms with E-state index < -0.39 is 0 Å². The predicted molar refractivity (Wildman–Crippen MR) is 92.9 cm³/mol. The van der Waals surface area contributed by atoms with E-state index in [1.165, 1.54) is 17.5 Å². The molecular formula is C17H23ClN2S. The fourth-order valence-corrected chi connectivity index (χ4v) is 3.35. The van der Waals surface area contributed by atoms with Crippen LogP contribution in [0.2, 0.25) is 0 Å². The molecule has 1 heterocycles. The molecule has 2 nitrogen and oxygen atoms in total. The second-order valence-electron chi connectivity index (χ2n) is 5.68. The Balaban J connectivity index is 1.98. The summed E-state index contributed by atoms with van der Waals surface area (Å²) in [6, 6.07) is 8.71. The molecule has 0 saturated carbocycles. The van der Waals surface area contributed by atoms with Crippen molar-refractivity contribution in [1.29, 1.82) is 0 Å². The molecule has 1 aromatic carbocycles. The summed E-state index contributed by atoms with van der Waals surface area (Å²) in [5.74, 6) is 1.23. The van der Waals surface area contributed by atoms with Gasteiger partial charge in [-0.3, -0.25) is 0 Å². The minimum Gasteiger partial charge on any atom is -0.302 e. The summed E-state index contributed by atoms with van der Waals surface area (Å²) in [5.41, 5.74) is 3.47. The van der Waals surface area contributed by atoms with Crippen LogP contribution in [-0.2, 0) is 12.4 Å². The summed E-state index contributed by atoms with van der Waals surface area (Å²) in [4.78, 5) is 6.90.